The molecule has 0 radical (unpaired) electrons. The summed E-state index contributed by atoms with van der Waals surface area (Å²) in [6, 6.07) is 16.4. The van der Waals surface area contributed by atoms with Crippen LogP contribution in [0.4, 0.5) is 5.95 Å². The number of aromatic hydroxyl groups is 1. The van der Waals surface area contributed by atoms with Gasteiger partial charge in [-0.05, 0) is 31.2 Å². The summed E-state index contributed by atoms with van der Waals surface area (Å²) in [6.07, 6.45) is -3.60. The van der Waals surface area contributed by atoms with E-state index < -0.39 is 47.7 Å². The van der Waals surface area contributed by atoms with Crippen LogP contribution in [0.15, 0.2) is 65.5 Å². The monoisotopic (exact) mass is 540 g/mol. The molecule has 0 saturated heterocycles. The van der Waals surface area contributed by atoms with Crippen molar-refractivity contribution in [2.24, 2.45) is 0 Å². The third-order valence-corrected chi connectivity index (χ3v) is 6.31. The summed E-state index contributed by atoms with van der Waals surface area (Å²) in [6.45, 7) is 0.507. The van der Waals surface area contributed by atoms with Gasteiger partial charge in [0.25, 0.3) is 0 Å². The maximum atomic E-state index is 13.0. The van der Waals surface area contributed by atoms with Crippen molar-refractivity contribution in [2.45, 2.75) is 25.4 Å². The fraction of sp³-hybridized carbons (Fsp3) is 0.240. The van der Waals surface area contributed by atoms with Crippen LogP contribution in [-0.2, 0) is 14.2 Å². The topological polar surface area (TPSA) is 176 Å². The summed E-state index contributed by atoms with van der Waals surface area (Å²) < 4.78 is 17.9. The first kappa shape index (κ1) is 26.7. The van der Waals surface area contributed by atoms with Crippen LogP contribution < -0.4 is 10.6 Å². The molecule has 0 aliphatic carbocycles. The molecule has 198 valence electrons. The van der Waals surface area contributed by atoms with Gasteiger partial charge in [-0.25, -0.2) is 9.59 Å². The highest BCUT2D eigenvalue weighted by atomic mass is 32.1. The van der Waals surface area contributed by atoms with Crippen molar-refractivity contribution < 1.29 is 34.0 Å². The van der Waals surface area contributed by atoms with Crippen molar-refractivity contribution >= 4 is 39.6 Å². The predicted octanol–water partition coefficient (Wildman–Crippen LogP) is 2.12. The van der Waals surface area contributed by atoms with Gasteiger partial charge < -0.3 is 30.2 Å². The van der Waals surface area contributed by atoms with Crippen LogP contribution in [0.25, 0.3) is 10.3 Å². The molecule has 0 aliphatic heterocycles. The summed E-state index contributed by atoms with van der Waals surface area (Å²) in [5.74, 6) is -2.13. The van der Waals surface area contributed by atoms with Gasteiger partial charge in [-0.1, -0.05) is 47.7 Å². The van der Waals surface area contributed by atoms with E-state index in [1.165, 1.54) is 6.92 Å². The molecule has 4 rings (SSSR count). The molecule has 13 heteroatoms. The lowest BCUT2D eigenvalue weighted by atomic mass is 10.2. The molecule has 4 aromatic rings. The number of ether oxygens (including phenoxy) is 3. The number of carbonyl (C=O) groups excluding carboxylic acids is 2. The second kappa shape index (κ2) is 11.8. The molecule has 38 heavy (non-hydrogen) atoms. The molecule has 0 aliphatic rings. The highest BCUT2D eigenvalue weighted by molar-refractivity contribution is 7.16. The maximum absolute atomic E-state index is 13.0. The number of fused-ring (bicyclic) bond motifs is 1. The Morgan fingerprint density at radius 3 is 2.24 bits per heavy atom. The number of aliphatic hydroxyl groups excluding tert-OH is 1. The number of nitrogens with two attached hydrogens (primary N) is 1. The van der Waals surface area contributed by atoms with Gasteiger partial charge in [-0.2, -0.15) is 9.97 Å². The van der Waals surface area contributed by atoms with Gasteiger partial charge in [0.15, 0.2) is 11.9 Å². The van der Waals surface area contributed by atoms with Gasteiger partial charge in [-0.15, -0.1) is 0 Å². The van der Waals surface area contributed by atoms with Crippen LogP contribution in [0.5, 0.6) is 5.88 Å². The molecule has 0 amide bonds. The van der Waals surface area contributed by atoms with Crippen LogP contribution in [-0.4, -0.2) is 62.1 Å². The Hall–Kier alpha value is -4.33. The van der Waals surface area contributed by atoms with E-state index in [1.807, 2.05) is 0 Å². The lowest BCUT2D eigenvalue weighted by Crippen LogP contribution is -2.38. The molecule has 2 heterocycles. The number of thiazole rings is 1. The average molecular weight is 541 g/mol. The molecular weight excluding hydrogens is 516 g/mol. The van der Waals surface area contributed by atoms with Crippen LogP contribution in [0.1, 0.15) is 33.9 Å². The third-order valence-electron chi connectivity index (χ3n) is 5.37. The summed E-state index contributed by atoms with van der Waals surface area (Å²) in [5, 5.41) is 20.2. The second-order valence-corrected chi connectivity index (χ2v) is 9.03. The van der Waals surface area contributed by atoms with E-state index in [4.69, 9.17) is 19.9 Å². The first-order valence-electron chi connectivity index (χ1n) is 11.4. The first-order valence-corrected chi connectivity index (χ1v) is 12.2. The fourth-order valence-corrected chi connectivity index (χ4v) is 4.39. The first-order chi connectivity index (χ1) is 18.3. The summed E-state index contributed by atoms with van der Waals surface area (Å²) in [7, 11) is 0. The average Bonchev–Trinajstić information content (AvgIpc) is 3.25. The fourth-order valence-electron chi connectivity index (χ4n) is 3.55. The number of aromatic nitrogens is 3. The predicted molar refractivity (Wildman–Crippen MR) is 137 cm³/mol. The lowest BCUT2D eigenvalue weighted by molar-refractivity contribution is -0.138. The Labute approximate surface area is 219 Å². The molecule has 1 unspecified atom stereocenters. The molecule has 2 aromatic carbocycles. The minimum atomic E-state index is -1.36. The smallest absolute Gasteiger partial charge is 0.338 e. The van der Waals surface area contributed by atoms with Crippen molar-refractivity contribution in [1.82, 2.24) is 14.5 Å². The largest absolute Gasteiger partial charge is 0.492 e. The van der Waals surface area contributed by atoms with Crippen molar-refractivity contribution in [3.8, 4) is 5.88 Å². The minimum Gasteiger partial charge on any atom is -0.492 e. The zero-order valence-electron chi connectivity index (χ0n) is 20.1. The zero-order valence-corrected chi connectivity index (χ0v) is 20.9. The van der Waals surface area contributed by atoms with Crippen LogP contribution in [0.2, 0.25) is 0 Å². The van der Waals surface area contributed by atoms with Gasteiger partial charge in [0, 0.05) is 0 Å². The number of nitrogens with zero attached hydrogens (tertiary/aromatic N) is 3. The molecule has 12 nitrogen and oxygen atoms in total. The highest BCUT2D eigenvalue weighted by Crippen LogP contribution is 2.30. The molecule has 2 aromatic heterocycles. The van der Waals surface area contributed by atoms with Crippen LogP contribution >= 0.6 is 11.3 Å². The number of benzene rings is 2. The van der Waals surface area contributed by atoms with E-state index in [-0.39, 0.29) is 28.5 Å². The Morgan fingerprint density at radius 2 is 1.63 bits per heavy atom. The number of nitrogen functional groups attached to an aromatic ring is 1. The van der Waals surface area contributed by atoms with Crippen molar-refractivity contribution in [1.29, 1.82) is 0 Å². The van der Waals surface area contributed by atoms with Crippen molar-refractivity contribution in [3.63, 3.8) is 0 Å². The molecule has 0 bridgehead atoms. The Bertz CT molecular complexity index is 1480. The third kappa shape index (κ3) is 5.96. The van der Waals surface area contributed by atoms with Gasteiger partial charge in [0.05, 0.1) is 17.7 Å². The normalized spacial score (nSPS) is 13.5. The molecule has 0 spiro atoms. The van der Waals surface area contributed by atoms with E-state index in [0.29, 0.717) is 16.9 Å². The van der Waals surface area contributed by atoms with E-state index in [2.05, 4.69) is 9.97 Å². The van der Waals surface area contributed by atoms with E-state index >= 15 is 0 Å². The summed E-state index contributed by atoms with van der Waals surface area (Å²) in [4.78, 5) is 45.2. The number of anilines is 1. The summed E-state index contributed by atoms with van der Waals surface area (Å²) >= 11 is 0.634. The molecule has 4 N–H and O–H groups in total. The van der Waals surface area contributed by atoms with Gasteiger partial charge >= 0.3 is 16.8 Å². The minimum absolute atomic E-state index is 0.0374. The number of hydrogen-bond donors (Lipinski definition) is 3. The maximum Gasteiger partial charge on any atom is 0.338 e. The standard InChI is InChI=1S/C25H24N4O8S/c1-14(36-23(33)16-10-6-3-7-11-16)21(29-19-18(38-25(29)34)20(31)28-24(26)27-19)37-17(12-30)13-35-22(32)15-8-4-2-5-9-15/h2-11,14,17,21,30H,12-13H2,1H3,(H3,26,27,28,31)/t14?,17-,21+/m0/s1. The van der Waals surface area contributed by atoms with Gasteiger partial charge in [0.1, 0.15) is 23.5 Å². The second-order valence-electron chi connectivity index (χ2n) is 8.07. The van der Waals surface area contributed by atoms with Crippen molar-refractivity contribution in [2.75, 3.05) is 18.9 Å². The SMILES string of the molecule is CC(OC(=O)c1ccccc1)[C@@H](O[C@@H](CO)COC(=O)c1ccccc1)n1c(=O)sc2c(O)nc(N)nc21. The zero-order chi connectivity index (χ0) is 27.2. The lowest BCUT2D eigenvalue weighted by Gasteiger charge is -2.28. The van der Waals surface area contributed by atoms with Crippen LogP contribution in [0.3, 0.4) is 0 Å². The van der Waals surface area contributed by atoms with E-state index in [1.54, 1.807) is 60.7 Å². The van der Waals surface area contributed by atoms with E-state index in [0.717, 1.165) is 4.57 Å². The van der Waals surface area contributed by atoms with E-state index in [9.17, 15) is 24.6 Å². The Kier molecular flexibility index (Phi) is 8.31. The number of aliphatic hydroxyl groups is 1. The summed E-state index contributed by atoms with van der Waals surface area (Å²) in [5.41, 5.74) is 6.19. The number of hydrogen-bond acceptors (Lipinski definition) is 12. The molecule has 0 saturated carbocycles. The number of carbonyl (C=O) groups is 2. The Morgan fingerprint density at radius 1 is 1.03 bits per heavy atom. The van der Waals surface area contributed by atoms with Gasteiger partial charge in [-0.3, -0.25) is 9.36 Å². The highest BCUT2D eigenvalue weighted by Gasteiger charge is 2.32. The Balaban J connectivity index is 1.64. The molecular formula is C25H24N4O8S. The van der Waals surface area contributed by atoms with Gasteiger partial charge in [0.2, 0.25) is 11.8 Å². The molecule has 0 fully saturated rings. The molecule has 3 atom stereocenters. The quantitative estimate of drug-likeness (QED) is 0.251. The number of rotatable bonds is 10. The van der Waals surface area contributed by atoms with Crippen LogP contribution in [0, 0.1) is 0 Å². The van der Waals surface area contributed by atoms with Crippen molar-refractivity contribution in [3.05, 3.63) is 81.5 Å². The number of esters is 2.